The zero-order valence-corrected chi connectivity index (χ0v) is 27.2. The normalized spacial score (nSPS) is 18.5. The summed E-state index contributed by atoms with van der Waals surface area (Å²) in [5.41, 5.74) is 0.863. The summed E-state index contributed by atoms with van der Waals surface area (Å²) in [5, 5.41) is 47.9. The molecule has 0 bridgehead atoms. The summed E-state index contributed by atoms with van der Waals surface area (Å²) >= 11 is 0. The van der Waals surface area contributed by atoms with E-state index in [9.17, 15) is 34.0 Å². The molecular formula is C34H50F2N4O7. The van der Waals surface area contributed by atoms with Gasteiger partial charge in [0.2, 0.25) is 11.9 Å². The summed E-state index contributed by atoms with van der Waals surface area (Å²) in [6, 6.07) is 2.26. The Kier molecular flexibility index (Phi) is 14.1. The Morgan fingerprint density at radius 2 is 1.57 bits per heavy atom. The number of amides is 1. The van der Waals surface area contributed by atoms with Gasteiger partial charge in [-0.25, -0.2) is 18.7 Å². The van der Waals surface area contributed by atoms with Crippen molar-refractivity contribution in [3.05, 3.63) is 47.3 Å². The maximum Gasteiger partial charge on any atom is 0.227 e. The van der Waals surface area contributed by atoms with Crippen LogP contribution in [0.15, 0.2) is 24.5 Å². The van der Waals surface area contributed by atoms with Crippen LogP contribution in [0, 0.1) is 23.5 Å². The zero-order chi connectivity index (χ0) is 33.9. The molecule has 1 aromatic heterocycles. The van der Waals surface area contributed by atoms with Crippen LogP contribution in [0.2, 0.25) is 0 Å². The van der Waals surface area contributed by atoms with Crippen LogP contribution in [0.5, 0.6) is 5.75 Å². The van der Waals surface area contributed by atoms with Gasteiger partial charge in [-0.2, -0.15) is 0 Å². The molecule has 0 aliphatic carbocycles. The average molecular weight is 665 g/mol. The number of halogens is 2. The van der Waals surface area contributed by atoms with Crippen molar-refractivity contribution in [3.63, 3.8) is 0 Å². The van der Waals surface area contributed by atoms with Crippen molar-refractivity contribution in [3.8, 4) is 5.75 Å². The fraction of sp³-hybridized carbons (Fsp3) is 0.676. The first-order valence-corrected chi connectivity index (χ1v) is 16.9. The van der Waals surface area contributed by atoms with E-state index in [1.165, 1.54) is 4.90 Å². The first kappa shape index (κ1) is 36.9. The smallest absolute Gasteiger partial charge is 0.227 e. The number of aromatic nitrogens is 2. The highest BCUT2D eigenvalue weighted by Crippen LogP contribution is 2.27. The summed E-state index contributed by atoms with van der Waals surface area (Å²) < 4.78 is 35.3. The van der Waals surface area contributed by atoms with Gasteiger partial charge in [0.1, 0.15) is 35.7 Å². The number of hydrogen-bond acceptors (Lipinski definition) is 10. The Hall–Kier alpha value is -2.97. The van der Waals surface area contributed by atoms with E-state index >= 15 is 0 Å². The molecule has 5 N–H and O–H groups in total. The summed E-state index contributed by atoms with van der Waals surface area (Å²) in [5.74, 6) is -0.445. The van der Waals surface area contributed by atoms with Crippen LogP contribution in [0.1, 0.15) is 69.4 Å². The Labute approximate surface area is 275 Å². The molecule has 47 heavy (non-hydrogen) atoms. The first-order valence-electron chi connectivity index (χ1n) is 16.9. The molecule has 13 heteroatoms. The second kappa shape index (κ2) is 18.0. The van der Waals surface area contributed by atoms with Crippen LogP contribution in [0.4, 0.5) is 14.7 Å². The molecule has 4 atom stereocenters. The lowest BCUT2D eigenvalue weighted by molar-refractivity contribution is -0.137. The number of anilines is 1. The summed E-state index contributed by atoms with van der Waals surface area (Å²) in [6.07, 6.45) is 4.46. The Morgan fingerprint density at radius 3 is 2.19 bits per heavy atom. The van der Waals surface area contributed by atoms with Gasteiger partial charge in [-0.05, 0) is 62.3 Å². The monoisotopic (exact) mass is 664 g/mol. The number of nitrogens with zero attached hydrogens (tertiary/aromatic N) is 4. The van der Waals surface area contributed by atoms with Crippen LogP contribution in [0.25, 0.3) is 0 Å². The maximum absolute atomic E-state index is 14.8. The number of aryl methyl sites for hydroxylation is 1. The van der Waals surface area contributed by atoms with E-state index in [4.69, 9.17) is 9.84 Å². The number of benzene rings is 1. The van der Waals surface area contributed by atoms with Gasteiger partial charge in [0.15, 0.2) is 0 Å². The van der Waals surface area contributed by atoms with Gasteiger partial charge in [-0.3, -0.25) is 4.79 Å². The molecule has 2 fully saturated rings. The van der Waals surface area contributed by atoms with Crippen LogP contribution in [-0.2, 0) is 17.6 Å². The minimum absolute atomic E-state index is 0.101. The zero-order valence-electron chi connectivity index (χ0n) is 27.2. The Bertz CT molecular complexity index is 1240. The number of likely N-dealkylation sites (tertiary alicyclic amines) is 1. The van der Waals surface area contributed by atoms with E-state index in [1.54, 1.807) is 0 Å². The minimum Gasteiger partial charge on any atom is -0.493 e. The molecule has 0 spiro atoms. The third-order valence-corrected chi connectivity index (χ3v) is 9.34. The Morgan fingerprint density at radius 1 is 0.957 bits per heavy atom. The number of hydrogen-bond donors (Lipinski definition) is 5. The molecule has 0 radical (unpaired) electrons. The van der Waals surface area contributed by atoms with E-state index < -0.39 is 49.1 Å². The molecule has 1 aromatic carbocycles. The number of aliphatic hydroxyl groups is 5. The molecule has 2 saturated heterocycles. The average Bonchev–Trinajstić information content (AvgIpc) is 3.05. The fourth-order valence-electron chi connectivity index (χ4n) is 6.31. The van der Waals surface area contributed by atoms with Crippen LogP contribution < -0.4 is 9.64 Å². The second-order valence-electron chi connectivity index (χ2n) is 13.0. The standard InChI is InChI=1S/C34H50F2N4O7/c1-2-5-23-17-37-34(38-18-23)39-11-9-22(10-12-39)7-4-13-47-25-14-27(35)26(28(36)15-25)16-31(44)40-19-24(20-40)6-3-8-29(42)32(45)33(46)30(43)21-41/h14-15,17-18,22,24,29-30,32-33,41-43,45-46H,2-13,16,19-21H2,1H3/t29-,30+,32+,33+/m0/s1. The van der Waals surface area contributed by atoms with Crippen molar-refractivity contribution in [1.29, 1.82) is 0 Å². The molecule has 0 unspecified atom stereocenters. The molecule has 2 aliphatic rings. The summed E-state index contributed by atoms with van der Waals surface area (Å²) in [4.78, 5) is 25.5. The summed E-state index contributed by atoms with van der Waals surface area (Å²) in [6.45, 7) is 4.38. The molecule has 262 valence electrons. The topological polar surface area (TPSA) is 160 Å². The van der Waals surface area contributed by atoms with Gasteiger partial charge in [-0.1, -0.05) is 19.8 Å². The molecule has 2 aliphatic heterocycles. The molecule has 4 rings (SSSR count). The highest BCUT2D eigenvalue weighted by molar-refractivity contribution is 5.79. The van der Waals surface area contributed by atoms with Crippen LogP contribution in [-0.4, -0.2) is 110 Å². The number of piperidine rings is 1. The van der Waals surface area contributed by atoms with E-state index in [0.717, 1.165) is 75.3 Å². The van der Waals surface area contributed by atoms with Gasteiger partial charge in [0.25, 0.3) is 0 Å². The third-order valence-electron chi connectivity index (χ3n) is 9.34. The predicted molar refractivity (Wildman–Crippen MR) is 171 cm³/mol. The second-order valence-corrected chi connectivity index (χ2v) is 13.0. The van der Waals surface area contributed by atoms with Crippen molar-refractivity contribution in [2.75, 3.05) is 44.3 Å². The van der Waals surface area contributed by atoms with E-state index in [0.29, 0.717) is 38.5 Å². The lowest BCUT2D eigenvalue weighted by Gasteiger charge is -2.39. The van der Waals surface area contributed by atoms with E-state index in [-0.39, 0.29) is 29.6 Å². The summed E-state index contributed by atoms with van der Waals surface area (Å²) in [7, 11) is 0. The van der Waals surface area contributed by atoms with E-state index in [2.05, 4.69) is 21.8 Å². The number of rotatable bonds is 18. The van der Waals surface area contributed by atoms with Gasteiger partial charge in [-0.15, -0.1) is 0 Å². The number of aliphatic hydroxyl groups excluding tert-OH is 5. The maximum atomic E-state index is 14.8. The predicted octanol–water partition coefficient (Wildman–Crippen LogP) is 2.39. The first-order chi connectivity index (χ1) is 22.6. The Balaban J connectivity index is 1.11. The SMILES string of the molecule is CCCc1cnc(N2CCC(CCCOc3cc(F)c(CC(=O)N4CC(CCC[C@H](O)[C@@H](O)[C@H](O)[C@H](O)CO)C4)c(F)c3)CC2)nc1. The molecule has 1 amide bonds. The van der Waals surface area contributed by atoms with Gasteiger partial charge < -0.3 is 40.1 Å². The van der Waals surface area contributed by atoms with Gasteiger partial charge >= 0.3 is 0 Å². The largest absolute Gasteiger partial charge is 0.493 e. The highest BCUT2D eigenvalue weighted by atomic mass is 19.1. The molecular weight excluding hydrogens is 614 g/mol. The molecule has 3 heterocycles. The quantitative estimate of drug-likeness (QED) is 0.150. The minimum atomic E-state index is -1.66. The lowest BCUT2D eigenvalue weighted by atomic mass is 9.91. The highest BCUT2D eigenvalue weighted by Gasteiger charge is 2.33. The van der Waals surface area contributed by atoms with Crippen molar-refractivity contribution in [1.82, 2.24) is 14.9 Å². The van der Waals surface area contributed by atoms with Crippen LogP contribution in [0.3, 0.4) is 0 Å². The van der Waals surface area contributed by atoms with Crippen molar-refractivity contribution >= 4 is 11.9 Å². The number of carbonyl (C=O) groups is 1. The van der Waals surface area contributed by atoms with Crippen LogP contribution >= 0.6 is 0 Å². The number of carbonyl (C=O) groups excluding carboxylic acids is 1. The molecule has 0 saturated carbocycles. The van der Waals surface area contributed by atoms with Crippen molar-refractivity contribution < 1.29 is 43.8 Å². The lowest BCUT2D eigenvalue weighted by Crippen LogP contribution is -2.50. The van der Waals surface area contributed by atoms with Gasteiger partial charge in [0.05, 0.1) is 25.7 Å². The molecule has 2 aromatic rings. The van der Waals surface area contributed by atoms with Crippen molar-refractivity contribution in [2.24, 2.45) is 11.8 Å². The number of ether oxygens (including phenoxy) is 1. The van der Waals surface area contributed by atoms with Crippen molar-refractivity contribution in [2.45, 2.75) is 95.5 Å². The van der Waals surface area contributed by atoms with E-state index in [1.807, 2.05) is 12.4 Å². The van der Waals surface area contributed by atoms with Gasteiger partial charge in [0, 0.05) is 56.3 Å². The molecule has 11 nitrogen and oxygen atoms in total. The fourth-order valence-corrected chi connectivity index (χ4v) is 6.31. The third kappa shape index (κ3) is 10.5.